The van der Waals surface area contributed by atoms with E-state index in [1.807, 2.05) is 30.3 Å². The summed E-state index contributed by atoms with van der Waals surface area (Å²) in [6.45, 7) is 0.0141. The van der Waals surface area contributed by atoms with Crippen LogP contribution >= 0.6 is 11.3 Å². The lowest BCUT2D eigenvalue weighted by atomic mass is 10.1. The molecule has 1 aliphatic rings. The average molecular weight is 433 g/mol. The van der Waals surface area contributed by atoms with Crippen LogP contribution in [-0.4, -0.2) is 18.5 Å². The minimum absolute atomic E-state index is 0.327. The van der Waals surface area contributed by atoms with Gasteiger partial charge in [0.25, 0.3) is 5.91 Å². The summed E-state index contributed by atoms with van der Waals surface area (Å²) in [5.41, 5.74) is 2.94. The van der Waals surface area contributed by atoms with E-state index in [9.17, 15) is 14.9 Å². The summed E-state index contributed by atoms with van der Waals surface area (Å²) < 4.78 is 10.8. The van der Waals surface area contributed by atoms with Crippen LogP contribution in [0.2, 0.25) is 0 Å². The molecule has 7 heteroatoms. The predicted molar refractivity (Wildman–Crippen MR) is 117 cm³/mol. The maximum Gasteiger partial charge on any atom is 0.338 e. The first-order valence-corrected chi connectivity index (χ1v) is 10.7. The highest BCUT2D eigenvalue weighted by Crippen LogP contribution is 2.38. The Kier molecular flexibility index (Phi) is 6.29. The van der Waals surface area contributed by atoms with E-state index in [0.29, 0.717) is 28.5 Å². The molecule has 0 spiro atoms. The van der Waals surface area contributed by atoms with Crippen LogP contribution in [0.1, 0.15) is 38.3 Å². The number of aryl methyl sites for hydroxylation is 1. The van der Waals surface area contributed by atoms with Crippen molar-refractivity contribution in [2.24, 2.45) is 0 Å². The standard InChI is InChI=1S/C24H20N2O4S/c25-13-20-19-7-4-8-21(19)31-23(20)26-22(27)15-30-24(28)17-9-11-18(12-10-17)29-14-16-5-2-1-3-6-16/h1-3,5-6,9-12H,4,7-8,14-15H2,(H,26,27). The molecule has 1 heterocycles. The molecule has 0 fully saturated rings. The number of ether oxygens (including phenoxy) is 2. The first-order valence-electron chi connectivity index (χ1n) is 9.92. The zero-order valence-electron chi connectivity index (χ0n) is 16.7. The average Bonchev–Trinajstić information content (AvgIpc) is 3.38. The smallest absolute Gasteiger partial charge is 0.338 e. The number of fused-ring (bicyclic) bond motifs is 1. The Bertz CT molecular complexity index is 1130. The van der Waals surface area contributed by atoms with Crippen LogP contribution < -0.4 is 10.1 Å². The zero-order chi connectivity index (χ0) is 21.6. The number of rotatable bonds is 7. The Hall–Kier alpha value is -3.63. The Balaban J connectivity index is 1.28. The normalized spacial score (nSPS) is 12.0. The van der Waals surface area contributed by atoms with Crippen molar-refractivity contribution < 1.29 is 19.1 Å². The van der Waals surface area contributed by atoms with Gasteiger partial charge >= 0.3 is 5.97 Å². The molecular formula is C24H20N2O4S. The number of carbonyl (C=O) groups is 2. The zero-order valence-corrected chi connectivity index (χ0v) is 17.5. The van der Waals surface area contributed by atoms with Crippen LogP contribution in [0.3, 0.4) is 0 Å². The summed E-state index contributed by atoms with van der Waals surface area (Å²) in [6, 6.07) is 18.5. The van der Waals surface area contributed by atoms with Gasteiger partial charge in [0.05, 0.1) is 11.1 Å². The van der Waals surface area contributed by atoms with Crippen LogP contribution in [0, 0.1) is 11.3 Å². The monoisotopic (exact) mass is 432 g/mol. The van der Waals surface area contributed by atoms with Crippen LogP contribution in [0.4, 0.5) is 5.00 Å². The number of amides is 1. The molecule has 2 aromatic carbocycles. The SMILES string of the molecule is N#Cc1c(NC(=O)COC(=O)c2ccc(OCc3ccccc3)cc2)sc2c1CCC2. The molecule has 1 amide bonds. The largest absolute Gasteiger partial charge is 0.489 e. The van der Waals surface area contributed by atoms with Gasteiger partial charge in [-0.15, -0.1) is 11.3 Å². The second kappa shape index (κ2) is 9.45. The fraction of sp³-hybridized carbons (Fsp3) is 0.208. The van der Waals surface area contributed by atoms with E-state index < -0.39 is 18.5 Å². The second-order valence-electron chi connectivity index (χ2n) is 7.10. The Morgan fingerprint density at radius 1 is 1.06 bits per heavy atom. The summed E-state index contributed by atoms with van der Waals surface area (Å²) in [7, 11) is 0. The number of thiophene rings is 1. The van der Waals surface area contributed by atoms with Gasteiger partial charge in [-0.2, -0.15) is 5.26 Å². The van der Waals surface area contributed by atoms with Crippen LogP contribution in [0.5, 0.6) is 5.75 Å². The molecule has 3 aromatic rings. The summed E-state index contributed by atoms with van der Waals surface area (Å²) in [5.74, 6) is -0.431. The van der Waals surface area contributed by atoms with Gasteiger partial charge in [-0.1, -0.05) is 30.3 Å². The Labute approximate surface area is 184 Å². The van der Waals surface area contributed by atoms with Crippen molar-refractivity contribution in [2.75, 3.05) is 11.9 Å². The topological polar surface area (TPSA) is 88.4 Å². The minimum Gasteiger partial charge on any atom is -0.489 e. The van der Waals surface area contributed by atoms with Crippen molar-refractivity contribution in [3.05, 3.63) is 81.7 Å². The number of hydrogen-bond acceptors (Lipinski definition) is 6. The molecule has 31 heavy (non-hydrogen) atoms. The molecule has 156 valence electrons. The quantitative estimate of drug-likeness (QED) is 0.556. The fourth-order valence-electron chi connectivity index (χ4n) is 3.42. The third-order valence-electron chi connectivity index (χ3n) is 4.96. The summed E-state index contributed by atoms with van der Waals surface area (Å²) in [4.78, 5) is 25.6. The fourth-order valence-corrected chi connectivity index (χ4v) is 4.67. The molecule has 0 bridgehead atoms. The van der Waals surface area contributed by atoms with Crippen molar-refractivity contribution in [2.45, 2.75) is 25.9 Å². The van der Waals surface area contributed by atoms with Gasteiger partial charge in [-0.3, -0.25) is 4.79 Å². The lowest BCUT2D eigenvalue weighted by Crippen LogP contribution is -2.20. The van der Waals surface area contributed by atoms with E-state index in [-0.39, 0.29) is 0 Å². The molecule has 1 N–H and O–H groups in total. The lowest BCUT2D eigenvalue weighted by Gasteiger charge is -2.08. The van der Waals surface area contributed by atoms with Gasteiger partial charge in [0.15, 0.2) is 6.61 Å². The van der Waals surface area contributed by atoms with Gasteiger partial charge in [0.1, 0.15) is 23.4 Å². The molecule has 0 saturated carbocycles. The van der Waals surface area contributed by atoms with Gasteiger partial charge in [-0.25, -0.2) is 4.79 Å². The van der Waals surface area contributed by atoms with Crippen molar-refractivity contribution in [3.63, 3.8) is 0 Å². The Morgan fingerprint density at radius 3 is 2.58 bits per heavy atom. The molecular weight excluding hydrogens is 412 g/mol. The highest BCUT2D eigenvalue weighted by Gasteiger charge is 2.23. The highest BCUT2D eigenvalue weighted by molar-refractivity contribution is 7.16. The van der Waals surface area contributed by atoms with E-state index >= 15 is 0 Å². The van der Waals surface area contributed by atoms with E-state index in [0.717, 1.165) is 35.3 Å². The number of anilines is 1. The van der Waals surface area contributed by atoms with Crippen LogP contribution in [-0.2, 0) is 29.0 Å². The van der Waals surface area contributed by atoms with E-state index in [1.54, 1.807) is 24.3 Å². The van der Waals surface area contributed by atoms with Gasteiger partial charge in [-0.05, 0) is 54.7 Å². The third kappa shape index (κ3) is 4.93. The first-order chi connectivity index (χ1) is 15.1. The second-order valence-corrected chi connectivity index (χ2v) is 8.20. The highest BCUT2D eigenvalue weighted by atomic mass is 32.1. The van der Waals surface area contributed by atoms with Crippen LogP contribution in [0.25, 0.3) is 0 Å². The summed E-state index contributed by atoms with van der Waals surface area (Å²) in [5, 5.41) is 12.6. The molecule has 0 radical (unpaired) electrons. The molecule has 6 nitrogen and oxygen atoms in total. The van der Waals surface area contributed by atoms with Gasteiger partial charge < -0.3 is 14.8 Å². The predicted octanol–water partition coefficient (Wildman–Crippen LogP) is 4.48. The molecule has 1 aliphatic carbocycles. The summed E-state index contributed by atoms with van der Waals surface area (Å²) >= 11 is 1.43. The number of benzene rings is 2. The number of nitrogens with zero attached hydrogens (tertiary/aromatic N) is 1. The molecule has 0 unspecified atom stereocenters. The van der Waals surface area contributed by atoms with Crippen molar-refractivity contribution in [3.8, 4) is 11.8 Å². The number of carbonyl (C=O) groups excluding carboxylic acids is 2. The number of nitrogens with one attached hydrogen (secondary N) is 1. The first kappa shape index (κ1) is 20.6. The molecule has 0 saturated heterocycles. The third-order valence-corrected chi connectivity index (χ3v) is 6.17. The van der Waals surface area contributed by atoms with E-state index in [1.165, 1.54) is 11.3 Å². The van der Waals surface area contributed by atoms with E-state index in [2.05, 4.69) is 11.4 Å². The van der Waals surface area contributed by atoms with Gasteiger partial charge in [0.2, 0.25) is 0 Å². The van der Waals surface area contributed by atoms with Crippen molar-refractivity contribution in [1.82, 2.24) is 0 Å². The maximum absolute atomic E-state index is 12.2. The molecule has 4 rings (SSSR count). The lowest BCUT2D eigenvalue weighted by molar-refractivity contribution is -0.119. The number of nitriles is 1. The van der Waals surface area contributed by atoms with Crippen LogP contribution in [0.15, 0.2) is 54.6 Å². The minimum atomic E-state index is -0.598. The van der Waals surface area contributed by atoms with Crippen molar-refractivity contribution >= 4 is 28.2 Å². The molecule has 0 aliphatic heterocycles. The summed E-state index contributed by atoms with van der Waals surface area (Å²) in [6.07, 6.45) is 2.84. The number of esters is 1. The van der Waals surface area contributed by atoms with E-state index in [4.69, 9.17) is 9.47 Å². The Morgan fingerprint density at radius 2 is 1.84 bits per heavy atom. The molecule has 0 atom stereocenters. The van der Waals surface area contributed by atoms with Gasteiger partial charge in [0, 0.05) is 4.88 Å². The number of hydrogen-bond donors (Lipinski definition) is 1. The molecule has 1 aromatic heterocycles. The maximum atomic E-state index is 12.2. The van der Waals surface area contributed by atoms with Crippen molar-refractivity contribution in [1.29, 1.82) is 5.26 Å².